The highest BCUT2D eigenvalue weighted by atomic mass is 32.2. The molecule has 0 aliphatic carbocycles. The zero-order valence-electron chi connectivity index (χ0n) is 10.4. The second kappa shape index (κ2) is 5.97. The molecule has 0 amide bonds. The molecule has 5 nitrogen and oxygen atoms in total. The van der Waals surface area contributed by atoms with Gasteiger partial charge in [-0.05, 0) is 24.8 Å². The fourth-order valence-corrected chi connectivity index (χ4v) is 2.20. The van der Waals surface area contributed by atoms with E-state index >= 15 is 0 Å². The number of hydrogen-bond acceptors (Lipinski definition) is 5. The summed E-state index contributed by atoms with van der Waals surface area (Å²) in [7, 11) is 0. The Morgan fingerprint density at radius 3 is 3.00 bits per heavy atom. The monoisotopic (exact) mass is 264 g/mol. The number of nitrogens with zero attached hydrogens (tertiary/aromatic N) is 4. The van der Waals surface area contributed by atoms with Crippen molar-refractivity contribution in [1.29, 1.82) is 0 Å². The Hall–Kier alpha value is -1.40. The number of rotatable bonds is 5. The lowest BCUT2D eigenvalue weighted by Gasteiger charge is -2.11. The van der Waals surface area contributed by atoms with Crippen LogP contribution in [0.4, 0.5) is 0 Å². The van der Waals surface area contributed by atoms with E-state index < -0.39 is 6.10 Å². The summed E-state index contributed by atoms with van der Waals surface area (Å²) in [6.45, 7) is 2.40. The maximum atomic E-state index is 9.72. The maximum Gasteiger partial charge on any atom is 0.160 e. The van der Waals surface area contributed by atoms with Gasteiger partial charge in [0.1, 0.15) is 11.4 Å². The van der Waals surface area contributed by atoms with Gasteiger partial charge in [0.2, 0.25) is 0 Å². The van der Waals surface area contributed by atoms with Crippen molar-refractivity contribution in [3.63, 3.8) is 0 Å². The van der Waals surface area contributed by atoms with E-state index in [1.807, 2.05) is 25.3 Å². The molecule has 0 spiro atoms. The summed E-state index contributed by atoms with van der Waals surface area (Å²) in [5.41, 5.74) is 0.950. The Balaban J connectivity index is 2.36. The molecule has 0 fully saturated rings. The van der Waals surface area contributed by atoms with Crippen molar-refractivity contribution in [3.05, 3.63) is 24.7 Å². The van der Waals surface area contributed by atoms with Crippen molar-refractivity contribution in [2.45, 2.75) is 31.0 Å². The lowest BCUT2D eigenvalue weighted by Crippen LogP contribution is -2.16. The van der Waals surface area contributed by atoms with E-state index in [9.17, 15) is 5.11 Å². The van der Waals surface area contributed by atoms with Crippen LogP contribution >= 0.6 is 11.8 Å². The Morgan fingerprint density at radius 1 is 1.44 bits per heavy atom. The molecule has 1 N–H and O–H groups in total. The normalized spacial score (nSPS) is 12.6. The van der Waals surface area contributed by atoms with Crippen LogP contribution in [0.2, 0.25) is 0 Å². The second-order valence-electron chi connectivity index (χ2n) is 3.89. The van der Waals surface area contributed by atoms with Crippen molar-refractivity contribution in [1.82, 2.24) is 19.7 Å². The van der Waals surface area contributed by atoms with E-state index in [1.165, 1.54) is 6.33 Å². The van der Waals surface area contributed by atoms with Crippen LogP contribution in [0, 0.1) is 0 Å². The molecule has 0 aliphatic rings. The van der Waals surface area contributed by atoms with Crippen LogP contribution in [-0.4, -0.2) is 37.2 Å². The number of hydrogen-bond donors (Lipinski definition) is 1. The van der Waals surface area contributed by atoms with Gasteiger partial charge in [-0.15, -0.1) is 11.8 Å². The first kappa shape index (κ1) is 13.0. The molecule has 96 valence electrons. The van der Waals surface area contributed by atoms with E-state index in [0.29, 0.717) is 13.0 Å². The van der Waals surface area contributed by atoms with Gasteiger partial charge in [0, 0.05) is 6.20 Å². The predicted molar refractivity (Wildman–Crippen MR) is 71.3 cm³/mol. The van der Waals surface area contributed by atoms with Crippen LogP contribution in [0.5, 0.6) is 0 Å². The van der Waals surface area contributed by atoms with Crippen molar-refractivity contribution >= 4 is 11.8 Å². The highest BCUT2D eigenvalue weighted by molar-refractivity contribution is 7.98. The smallest absolute Gasteiger partial charge is 0.160 e. The zero-order valence-corrected chi connectivity index (χ0v) is 11.3. The lowest BCUT2D eigenvalue weighted by molar-refractivity contribution is 0.146. The summed E-state index contributed by atoms with van der Waals surface area (Å²) in [4.78, 5) is 8.58. The largest absolute Gasteiger partial charge is 0.391 e. The van der Waals surface area contributed by atoms with Gasteiger partial charge in [-0.25, -0.2) is 14.6 Å². The van der Waals surface area contributed by atoms with Gasteiger partial charge in [0.05, 0.1) is 18.2 Å². The SMILES string of the molecule is CC[C@H](O)Cn1ncnc1-c1cccnc1SC. The van der Waals surface area contributed by atoms with Crippen LogP contribution in [0.1, 0.15) is 13.3 Å². The standard InChI is InChI=1S/C12H16N4OS/c1-3-9(17)7-16-11(14-8-15-16)10-5-4-6-13-12(10)18-2/h4-6,8-9,17H,3,7H2,1-2H3/t9-/m0/s1. The molecule has 0 aromatic carbocycles. The van der Waals surface area contributed by atoms with Crippen LogP contribution < -0.4 is 0 Å². The fourth-order valence-electron chi connectivity index (χ4n) is 1.66. The Kier molecular flexibility index (Phi) is 4.33. The Labute approximate surface area is 110 Å². The summed E-state index contributed by atoms with van der Waals surface area (Å²) in [6.07, 6.45) is 5.54. The van der Waals surface area contributed by atoms with Crippen molar-refractivity contribution < 1.29 is 5.11 Å². The van der Waals surface area contributed by atoms with Gasteiger partial charge < -0.3 is 5.11 Å². The number of aliphatic hydroxyl groups is 1. The third-order valence-electron chi connectivity index (χ3n) is 2.68. The molecule has 2 aromatic heterocycles. The molecule has 18 heavy (non-hydrogen) atoms. The van der Waals surface area contributed by atoms with E-state index in [1.54, 1.807) is 22.6 Å². The molecule has 0 saturated heterocycles. The molecular weight excluding hydrogens is 248 g/mol. The first-order chi connectivity index (χ1) is 8.76. The molecule has 0 unspecified atom stereocenters. The topological polar surface area (TPSA) is 63.8 Å². The Bertz CT molecular complexity index is 514. The Morgan fingerprint density at radius 2 is 2.28 bits per heavy atom. The van der Waals surface area contributed by atoms with Gasteiger partial charge >= 0.3 is 0 Å². The van der Waals surface area contributed by atoms with E-state index in [2.05, 4.69) is 15.1 Å². The third-order valence-corrected chi connectivity index (χ3v) is 3.39. The predicted octanol–water partition coefficient (Wildman–Crippen LogP) is 1.83. The molecule has 2 aromatic rings. The highest BCUT2D eigenvalue weighted by Gasteiger charge is 2.14. The van der Waals surface area contributed by atoms with Crippen LogP contribution in [0.25, 0.3) is 11.4 Å². The minimum absolute atomic E-state index is 0.403. The molecule has 2 rings (SSSR count). The summed E-state index contributed by atoms with van der Waals surface area (Å²) in [5.74, 6) is 0.750. The summed E-state index contributed by atoms with van der Waals surface area (Å²) in [5, 5.41) is 14.8. The maximum absolute atomic E-state index is 9.72. The molecule has 0 saturated carbocycles. The molecule has 6 heteroatoms. The average Bonchev–Trinajstić information content (AvgIpc) is 2.86. The minimum Gasteiger partial charge on any atom is -0.391 e. The number of pyridine rings is 1. The molecular formula is C12H16N4OS. The van der Waals surface area contributed by atoms with Gasteiger partial charge in [-0.3, -0.25) is 0 Å². The molecule has 1 atom stereocenters. The fraction of sp³-hybridized carbons (Fsp3) is 0.417. The van der Waals surface area contributed by atoms with Crippen molar-refractivity contribution in [2.75, 3.05) is 6.26 Å². The summed E-state index contributed by atoms with van der Waals surface area (Å²) in [6, 6.07) is 3.85. The van der Waals surface area contributed by atoms with Crippen LogP contribution in [-0.2, 0) is 6.54 Å². The number of aliphatic hydroxyl groups excluding tert-OH is 1. The average molecular weight is 264 g/mol. The molecule has 2 heterocycles. The highest BCUT2D eigenvalue weighted by Crippen LogP contribution is 2.26. The van der Waals surface area contributed by atoms with Gasteiger partial charge in [-0.2, -0.15) is 5.10 Å². The van der Waals surface area contributed by atoms with E-state index in [-0.39, 0.29) is 0 Å². The van der Waals surface area contributed by atoms with Crippen LogP contribution in [0.3, 0.4) is 0 Å². The van der Waals surface area contributed by atoms with Gasteiger partial charge in [0.15, 0.2) is 5.82 Å². The van der Waals surface area contributed by atoms with Gasteiger partial charge in [-0.1, -0.05) is 6.92 Å². The van der Waals surface area contributed by atoms with Crippen molar-refractivity contribution in [2.24, 2.45) is 0 Å². The summed E-state index contributed by atoms with van der Waals surface area (Å²) < 4.78 is 1.73. The first-order valence-electron chi connectivity index (χ1n) is 5.81. The molecule has 0 radical (unpaired) electrons. The lowest BCUT2D eigenvalue weighted by atomic mass is 10.2. The van der Waals surface area contributed by atoms with E-state index in [0.717, 1.165) is 16.4 Å². The van der Waals surface area contributed by atoms with E-state index in [4.69, 9.17) is 0 Å². The third kappa shape index (κ3) is 2.70. The quantitative estimate of drug-likeness (QED) is 0.835. The van der Waals surface area contributed by atoms with Crippen LogP contribution in [0.15, 0.2) is 29.7 Å². The van der Waals surface area contributed by atoms with Gasteiger partial charge in [0.25, 0.3) is 0 Å². The first-order valence-corrected chi connectivity index (χ1v) is 7.04. The summed E-state index contributed by atoms with van der Waals surface area (Å²) >= 11 is 1.57. The second-order valence-corrected chi connectivity index (χ2v) is 4.68. The molecule has 0 aliphatic heterocycles. The zero-order chi connectivity index (χ0) is 13.0. The molecule has 0 bridgehead atoms. The number of aromatic nitrogens is 4. The number of thioether (sulfide) groups is 1. The minimum atomic E-state index is -0.403. The van der Waals surface area contributed by atoms with Crippen molar-refractivity contribution in [3.8, 4) is 11.4 Å².